The zero-order valence-corrected chi connectivity index (χ0v) is 28.1. The minimum absolute atomic E-state index is 0.118. The number of carbonyl (C=O) groups excluding carboxylic acids is 2. The van der Waals surface area contributed by atoms with E-state index in [-0.39, 0.29) is 24.3 Å². The highest BCUT2D eigenvalue weighted by Gasteiger charge is 2.36. The highest BCUT2D eigenvalue weighted by atomic mass is 16.6. The molecule has 2 fully saturated rings. The molecule has 0 radical (unpaired) electrons. The third-order valence-electron chi connectivity index (χ3n) is 9.09. The Bertz CT molecular complexity index is 1690. The number of rotatable bonds is 4. The average molecular weight is 637 g/mol. The summed E-state index contributed by atoms with van der Waals surface area (Å²) in [6, 6.07) is 12.9. The number of benzene rings is 2. The van der Waals surface area contributed by atoms with E-state index in [9.17, 15) is 9.59 Å². The van der Waals surface area contributed by atoms with Crippen LogP contribution in [0, 0.1) is 0 Å². The van der Waals surface area contributed by atoms with Crippen molar-refractivity contribution in [3.8, 4) is 33.6 Å². The van der Waals surface area contributed by atoms with Crippen molar-refractivity contribution in [1.82, 2.24) is 29.7 Å². The van der Waals surface area contributed by atoms with E-state index in [2.05, 4.69) is 46.4 Å². The molecule has 0 saturated carbocycles. The first-order valence-electron chi connectivity index (χ1n) is 16.7. The summed E-state index contributed by atoms with van der Waals surface area (Å²) < 4.78 is 11.3. The van der Waals surface area contributed by atoms with Gasteiger partial charge in [0.25, 0.3) is 0 Å². The zero-order valence-electron chi connectivity index (χ0n) is 28.1. The fourth-order valence-electron chi connectivity index (χ4n) is 7.03. The van der Waals surface area contributed by atoms with Gasteiger partial charge in [-0.05, 0) is 119 Å². The molecule has 0 bridgehead atoms. The first kappa shape index (κ1) is 31.0. The van der Waals surface area contributed by atoms with Crippen molar-refractivity contribution in [2.45, 2.75) is 96.9 Å². The molecule has 2 aliphatic heterocycles. The topological polar surface area (TPSA) is 116 Å². The third kappa shape index (κ3) is 6.25. The maximum absolute atomic E-state index is 12.8. The lowest BCUT2D eigenvalue weighted by Crippen LogP contribution is -2.36. The maximum atomic E-state index is 12.8. The van der Waals surface area contributed by atoms with E-state index in [0.29, 0.717) is 13.1 Å². The molecule has 47 heavy (non-hydrogen) atoms. The molecule has 2 N–H and O–H groups in total. The summed E-state index contributed by atoms with van der Waals surface area (Å²) in [5, 5.41) is 0. The predicted molar refractivity (Wildman–Crippen MR) is 180 cm³/mol. The van der Waals surface area contributed by atoms with Crippen LogP contribution >= 0.6 is 0 Å². The van der Waals surface area contributed by atoms with Gasteiger partial charge in [-0.2, -0.15) is 0 Å². The Morgan fingerprint density at radius 1 is 0.702 bits per heavy atom. The van der Waals surface area contributed by atoms with Crippen molar-refractivity contribution in [2.75, 3.05) is 13.1 Å². The highest BCUT2D eigenvalue weighted by molar-refractivity contribution is 5.82. The van der Waals surface area contributed by atoms with E-state index < -0.39 is 11.2 Å². The second kappa shape index (κ2) is 11.6. The lowest BCUT2D eigenvalue weighted by atomic mass is 10.0. The Morgan fingerprint density at radius 3 is 1.53 bits per heavy atom. The molecule has 2 saturated heterocycles. The molecule has 2 aromatic carbocycles. The average Bonchev–Trinajstić information content (AvgIpc) is 3.83. The zero-order chi connectivity index (χ0) is 33.1. The number of imidazole rings is 2. The number of ether oxygens (including phenoxy) is 2. The van der Waals surface area contributed by atoms with Gasteiger partial charge >= 0.3 is 12.2 Å². The van der Waals surface area contributed by atoms with Crippen LogP contribution in [-0.4, -0.2) is 66.2 Å². The van der Waals surface area contributed by atoms with Crippen molar-refractivity contribution in [3.63, 3.8) is 0 Å². The van der Waals surface area contributed by atoms with Crippen LogP contribution in [-0.2, 0) is 15.9 Å². The van der Waals surface area contributed by atoms with Crippen LogP contribution in [0.2, 0.25) is 0 Å². The van der Waals surface area contributed by atoms with Crippen molar-refractivity contribution in [2.24, 2.45) is 0 Å². The molecule has 4 heterocycles. The van der Waals surface area contributed by atoms with Crippen LogP contribution in [0.25, 0.3) is 33.6 Å². The smallest absolute Gasteiger partial charge is 0.410 e. The quantitative estimate of drug-likeness (QED) is 0.206. The number of carbonyl (C=O) groups is 2. The molecule has 1 aliphatic carbocycles. The van der Waals surface area contributed by atoms with Crippen LogP contribution in [0.3, 0.4) is 0 Å². The highest BCUT2D eigenvalue weighted by Crippen LogP contribution is 2.41. The Balaban J connectivity index is 1.06. The number of hydrogen-bond donors (Lipinski definition) is 2. The molecular formula is C37H44N6O4. The molecule has 2 amide bonds. The van der Waals surface area contributed by atoms with Gasteiger partial charge in [-0.15, -0.1) is 0 Å². The van der Waals surface area contributed by atoms with Gasteiger partial charge in [-0.3, -0.25) is 9.80 Å². The number of aromatic amines is 2. The van der Waals surface area contributed by atoms with Crippen LogP contribution in [0.4, 0.5) is 9.59 Å². The normalized spacial score (nSPS) is 19.2. The molecule has 2 atom stereocenters. The van der Waals surface area contributed by atoms with Crippen molar-refractivity contribution >= 4 is 12.2 Å². The van der Waals surface area contributed by atoms with Crippen molar-refractivity contribution < 1.29 is 19.1 Å². The Labute approximate surface area is 275 Å². The minimum atomic E-state index is -0.538. The summed E-state index contributed by atoms with van der Waals surface area (Å²) >= 11 is 0. The largest absolute Gasteiger partial charge is 0.444 e. The van der Waals surface area contributed by atoms with Crippen molar-refractivity contribution in [3.05, 3.63) is 71.6 Å². The van der Waals surface area contributed by atoms with E-state index in [1.807, 2.05) is 53.9 Å². The molecule has 4 aromatic rings. The lowest BCUT2D eigenvalue weighted by Gasteiger charge is -2.27. The van der Waals surface area contributed by atoms with E-state index in [1.54, 1.807) is 9.80 Å². The van der Waals surface area contributed by atoms with Gasteiger partial charge in [0, 0.05) is 13.1 Å². The number of amides is 2. The van der Waals surface area contributed by atoms with Crippen LogP contribution < -0.4 is 0 Å². The fraction of sp³-hybridized carbons (Fsp3) is 0.459. The third-order valence-corrected chi connectivity index (χ3v) is 9.09. The number of nitrogens with zero attached hydrogens (tertiary/aromatic N) is 4. The van der Waals surface area contributed by atoms with Gasteiger partial charge in [-0.25, -0.2) is 19.6 Å². The molecule has 0 unspecified atom stereocenters. The van der Waals surface area contributed by atoms with Gasteiger partial charge in [-0.1, -0.05) is 24.3 Å². The van der Waals surface area contributed by atoms with Crippen LogP contribution in [0.15, 0.2) is 48.8 Å². The van der Waals surface area contributed by atoms with Crippen molar-refractivity contribution in [1.29, 1.82) is 0 Å². The number of H-pyrrole nitrogens is 2. The van der Waals surface area contributed by atoms with Gasteiger partial charge in [0.15, 0.2) is 0 Å². The summed E-state index contributed by atoms with van der Waals surface area (Å²) in [7, 11) is 0. The molecule has 246 valence electrons. The first-order valence-corrected chi connectivity index (χ1v) is 16.7. The van der Waals surface area contributed by atoms with Gasteiger partial charge in [0.1, 0.15) is 22.9 Å². The number of likely N-dealkylation sites (tertiary alicyclic amines) is 2. The Morgan fingerprint density at radius 2 is 1.13 bits per heavy atom. The first-order chi connectivity index (χ1) is 22.3. The minimum Gasteiger partial charge on any atom is -0.444 e. The SMILES string of the molecule is CC(C)(C)OC(=O)N1CCC[C@H]1c1ncc(-c2ccc3c(c2)Cc2cc(-c4cnc([C@@H]5CCCN5C(=O)OC(C)(C)C)[nH]4)ccc2-3)[nH]1. The predicted octanol–water partition coefficient (Wildman–Crippen LogP) is 8.18. The lowest BCUT2D eigenvalue weighted by molar-refractivity contribution is 0.0208. The standard InChI is InChI=1S/C37H44N6O4/c1-36(2,3)46-34(44)42-15-7-9-30(42)32-38-20-28(40-32)22-11-13-26-24(17-22)19-25-18-23(12-14-27(25)26)29-21-39-33(41-29)31-10-8-16-43(31)35(45)47-37(4,5)6/h11-14,17-18,20-21,30-31H,7-10,15-16,19H2,1-6H3,(H,38,40)(H,39,41)/t30-,31-/m0/s1. The summed E-state index contributed by atoms with van der Waals surface area (Å²) in [6.45, 7) is 12.7. The number of hydrogen-bond acceptors (Lipinski definition) is 6. The maximum Gasteiger partial charge on any atom is 0.410 e. The van der Waals surface area contributed by atoms with Crippen LogP contribution in [0.1, 0.15) is 102 Å². The molecule has 0 spiro atoms. The van der Waals surface area contributed by atoms with E-state index >= 15 is 0 Å². The second-order valence-electron chi connectivity index (χ2n) is 14.9. The van der Waals surface area contributed by atoms with E-state index in [1.165, 1.54) is 22.3 Å². The molecule has 10 nitrogen and oxygen atoms in total. The molecule has 10 heteroatoms. The summed E-state index contributed by atoms with van der Waals surface area (Å²) in [6.07, 6.45) is 7.54. The fourth-order valence-corrected chi connectivity index (χ4v) is 7.03. The van der Waals surface area contributed by atoms with Crippen LogP contribution in [0.5, 0.6) is 0 Å². The number of aromatic nitrogens is 4. The second-order valence-corrected chi connectivity index (χ2v) is 14.9. The van der Waals surface area contributed by atoms with Gasteiger partial charge in [0.05, 0.1) is 35.9 Å². The summed E-state index contributed by atoms with van der Waals surface area (Å²) in [5.74, 6) is 1.59. The van der Waals surface area contributed by atoms with E-state index in [0.717, 1.165) is 66.3 Å². The summed E-state index contributed by atoms with van der Waals surface area (Å²) in [4.78, 5) is 45.7. The molecule has 2 aromatic heterocycles. The summed E-state index contributed by atoms with van der Waals surface area (Å²) in [5.41, 5.74) is 7.96. The van der Waals surface area contributed by atoms with Gasteiger partial charge < -0.3 is 19.4 Å². The van der Waals surface area contributed by atoms with Gasteiger partial charge in [0.2, 0.25) is 0 Å². The van der Waals surface area contributed by atoms with E-state index in [4.69, 9.17) is 19.4 Å². The Kier molecular flexibility index (Phi) is 7.64. The molecule has 3 aliphatic rings. The molecule has 7 rings (SSSR count). The molecular weight excluding hydrogens is 592 g/mol. The number of fused-ring (bicyclic) bond motifs is 3. The monoisotopic (exact) mass is 636 g/mol. The number of nitrogens with one attached hydrogen (secondary N) is 2. The Hall–Kier alpha value is -4.60.